The summed E-state index contributed by atoms with van der Waals surface area (Å²) in [6, 6.07) is 6.84. The Morgan fingerprint density at radius 3 is 2.36 bits per heavy atom. The molecule has 0 aromatic heterocycles. The van der Waals surface area contributed by atoms with Crippen molar-refractivity contribution in [1.82, 2.24) is 0 Å². The van der Waals surface area contributed by atoms with Crippen molar-refractivity contribution in [1.29, 1.82) is 0 Å². The molecule has 33 heavy (non-hydrogen) atoms. The summed E-state index contributed by atoms with van der Waals surface area (Å²) in [7, 11) is 0.869. The number of ether oxygens (including phenoxy) is 3. The van der Waals surface area contributed by atoms with E-state index in [0.29, 0.717) is 12.8 Å². The Balaban J connectivity index is 1.62. The molecule has 0 amide bonds. The summed E-state index contributed by atoms with van der Waals surface area (Å²) in [5.74, 6) is -2.15. The molecule has 3 aliphatic rings. The highest BCUT2D eigenvalue weighted by Gasteiger charge is 2.65. The van der Waals surface area contributed by atoms with E-state index in [4.69, 9.17) is 14.2 Å². The second-order valence-electron chi connectivity index (χ2n) is 10.2. The first-order chi connectivity index (χ1) is 15.5. The van der Waals surface area contributed by atoms with Crippen LogP contribution in [-0.4, -0.2) is 37.4 Å². The van der Waals surface area contributed by atoms with Crippen molar-refractivity contribution in [3.05, 3.63) is 35.9 Å². The normalized spacial score (nSPS) is 38.0. The van der Waals surface area contributed by atoms with Gasteiger partial charge < -0.3 is 14.2 Å². The number of rotatable bonds is 4. The summed E-state index contributed by atoms with van der Waals surface area (Å²) < 4.78 is 59.1. The Kier molecular flexibility index (Phi) is 6.04. The SMILES string of the molecule is CO[C@](C(=O)O[C@H]1CC[C@]2(C)CC[C@@H]3[C@H](OC(=O)[C@H]3C)[C@H]2[C@H]1C)(c1ccccc1)C(F)(F)F. The van der Waals surface area contributed by atoms with Crippen molar-refractivity contribution < 1.29 is 37.0 Å². The Hall–Kier alpha value is -2.09. The molecule has 1 heterocycles. The fourth-order valence-electron chi connectivity index (χ4n) is 6.57. The molecule has 0 radical (unpaired) electrons. The molecule has 3 fully saturated rings. The molecule has 1 aromatic carbocycles. The Morgan fingerprint density at radius 2 is 1.76 bits per heavy atom. The first-order valence-corrected chi connectivity index (χ1v) is 11.6. The van der Waals surface area contributed by atoms with Crippen LogP contribution in [-0.2, 0) is 29.4 Å². The molecule has 4 rings (SSSR count). The number of methoxy groups -OCH3 is 1. The summed E-state index contributed by atoms with van der Waals surface area (Å²) in [5.41, 5.74) is -3.65. The molecule has 0 N–H and O–H groups in total. The summed E-state index contributed by atoms with van der Waals surface area (Å²) in [6.07, 6.45) is -3.11. The van der Waals surface area contributed by atoms with Crippen molar-refractivity contribution in [2.75, 3.05) is 7.11 Å². The van der Waals surface area contributed by atoms with E-state index in [0.717, 1.165) is 20.0 Å². The Bertz CT molecular complexity index is 903. The second kappa shape index (κ2) is 8.29. The molecular weight excluding hydrogens is 437 g/mol. The molecule has 0 spiro atoms. The fraction of sp³-hybridized carbons (Fsp3) is 0.680. The van der Waals surface area contributed by atoms with Crippen LogP contribution in [0.15, 0.2) is 30.3 Å². The number of hydrogen-bond acceptors (Lipinski definition) is 5. The Labute approximate surface area is 192 Å². The van der Waals surface area contributed by atoms with Crippen LogP contribution in [0.1, 0.15) is 52.0 Å². The third-order valence-electron chi connectivity index (χ3n) is 8.48. The second-order valence-corrected chi connectivity index (χ2v) is 10.2. The van der Waals surface area contributed by atoms with E-state index >= 15 is 0 Å². The number of benzene rings is 1. The monoisotopic (exact) mass is 468 g/mol. The van der Waals surface area contributed by atoms with Crippen molar-refractivity contribution in [3.63, 3.8) is 0 Å². The molecule has 1 saturated heterocycles. The summed E-state index contributed by atoms with van der Waals surface area (Å²) in [6.45, 7) is 5.92. The standard InChI is InChI=1S/C25H31F3O5/c1-14-17-10-12-23(3)13-11-18(15(2)19(23)20(17)33-21(14)29)32-22(30)24(31-4,25(26,27)28)16-8-6-5-7-9-16/h5-9,14-15,17-20H,10-13H2,1-4H3/t14-,15-,17-,18-,19+,20-,23-,24-/m0/s1. The van der Waals surface area contributed by atoms with Crippen molar-refractivity contribution >= 4 is 11.9 Å². The van der Waals surface area contributed by atoms with Gasteiger partial charge in [-0.3, -0.25) is 4.79 Å². The van der Waals surface area contributed by atoms with Gasteiger partial charge in [0.25, 0.3) is 5.60 Å². The third kappa shape index (κ3) is 3.65. The van der Waals surface area contributed by atoms with Gasteiger partial charge in [-0.15, -0.1) is 0 Å². The predicted molar refractivity (Wildman–Crippen MR) is 113 cm³/mol. The van der Waals surface area contributed by atoms with E-state index in [2.05, 4.69) is 6.92 Å². The molecule has 0 bridgehead atoms. The number of halogens is 3. The molecule has 5 nitrogen and oxygen atoms in total. The van der Waals surface area contributed by atoms with E-state index in [1.165, 1.54) is 24.3 Å². The zero-order valence-corrected chi connectivity index (χ0v) is 19.4. The molecule has 1 aliphatic heterocycles. The predicted octanol–water partition coefficient (Wildman–Crippen LogP) is 5.03. The number of fused-ring (bicyclic) bond motifs is 3. The Morgan fingerprint density at radius 1 is 1.12 bits per heavy atom. The van der Waals surface area contributed by atoms with Gasteiger partial charge in [0.1, 0.15) is 12.2 Å². The zero-order chi connectivity index (χ0) is 24.2. The lowest BCUT2D eigenvalue weighted by Crippen LogP contribution is -2.56. The highest BCUT2D eigenvalue weighted by atomic mass is 19.4. The van der Waals surface area contributed by atoms with Crippen molar-refractivity contribution in [2.24, 2.45) is 29.1 Å². The molecule has 8 atom stereocenters. The average Bonchev–Trinajstić information content (AvgIpc) is 3.04. The molecule has 2 saturated carbocycles. The highest BCUT2D eigenvalue weighted by molar-refractivity contribution is 5.83. The van der Waals surface area contributed by atoms with E-state index in [1.54, 1.807) is 6.07 Å². The molecule has 2 aliphatic carbocycles. The van der Waals surface area contributed by atoms with E-state index in [-0.39, 0.29) is 46.7 Å². The maximum atomic E-state index is 14.3. The van der Waals surface area contributed by atoms with Gasteiger partial charge in [-0.25, -0.2) is 4.79 Å². The molecule has 8 heteroatoms. The van der Waals surface area contributed by atoms with Gasteiger partial charge in [0, 0.05) is 24.5 Å². The maximum absolute atomic E-state index is 14.3. The minimum atomic E-state index is -5.01. The topological polar surface area (TPSA) is 61.8 Å². The first-order valence-electron chi connectivity index (χ1n) is 11.6. The van der Waals surface area contributed by atoms with Crippen LogP contribution in [0.25, 0.3) is 0 Å². The minimum absolute atomic E-state index is 0.0868. The molecule has 1 aromatic rings. The lowest BCUT2D eigenvalue weighted by molar-refractivity contribution is -0.280. The minimum Gasteiger partial charge on any atom is -0.462 e. The van der Waals surface area contributed by atoms with Crippen LogP contribution in [0.5, 0.6) is 0 Å². The fourth-order valence-corrected chi connectivity index (χ4v) is 6.57. The largest absolute Gasteiger partial charge is 0.462 e. The van der Waals surface area contributed by atoms with Crippen LogP contribution in [0, 0.1) is 29.1 Å². The number of hydrogen-bond donors (Lipinski definition) is 0. The number of alkyl halides is 3. The quantitative estimate of drug-likeness (QED) is 0.581. The van der Waals surface area contributed by atoms with Crippen LogP contribution in [0.3, 0.4) is 0 Å². The number of esters is 2. The van der Waals surface area contributed by atoms with Gasteiger partial charge in [0.05, 0.1) is 5.92 Å². The zero-order valence-electron chi connectivity index (χ0n) is 19.4. The van der Waals surface area contributed by atoms with Crippen LogP contribution in [0.4, 0.5) is 13.2 Å². The summed E-state index contributed by atoms with van der Waals surface area (Å²) in [4.78, 5) is 25.5. The molecule has 0 unspecified atom stereocenters. The van der Waals surface area contributed by atoms with Crippen molar-refractivity contribution in [3.8, 4) is 0 Å². The maximum Gasteiger partial charge on any atom is 0.432 e. The highest BCUT2D eigenvalue weighted by Crippen LogP contribution is 2.58. The smallest absolute Gasteiger partial charge is 0.432 e. The van der Waals surface area contributed by atoms with Crippen LogP contribution < -0.4 is 0 Å². The summed E-state index contributed by atoms with van der Waals surface area (Å²) >= 11 is 0. The van der Waals surface area contributed by atoms with E-state index in [1.807, 2.05) is 13.8 Å². The summed E-state index contributed by atoms with van der Waals surface area (Å²) in [5, 5.41) is 0. The third-order valence-corrected chi connectivity index (χ3v) is 8.48. The number of carbonyl (C=O) groups excluding carboxylic acids is 2. The molecule has 182 valence electrons. The molecular formula is C25H31F3O5. The van der Waals surface area contributed by atoms with E-state index in [9.17, 15) is 22.8 Å². The lowest BCUT2D eigenvalue weighted by Gasteiger charge is -2.54. The van der Waals surface area contributed by atoms with Crippen LogP contribution >= 0.6 is 0 Å². The van der Waals surface area contributed by atoms with E-state index < -0.39 is 23.9 Å². The van der Waals surface area contributed by atoms with Gasteiger partial charge in [0.15, 0.2) is 0 Å². The van der Waals surface area contributed by atoms with Crippen molar-refractivity contribution in [2.45, 2.75) is 70.4 Å². The van der Waals surface area contributed by atoms with Gasteiger partial charge in [-0.1, -0.05) is 51.1 Å². The van der Waals surface area contributed by atoms with Gasteiger partial charge in [0.2, 0.25) is 0 Å². The van der Waals surface area contributed by atoms with Gasteiger partial charge >= 0.3 is 18.1 Å². The lowest BCUT2D eigenvalue weighted by atomic mass is 9.52. The van der Waals surface area contributed by atoms with Gasteiger partial charge in [-0.2, -0.15) is 13.2 Å². The van der Waals surface area contributed by atoms with Gasteiger partial charge in [-0.05, 0) is 37.0 Å². The average molecular weight is 469 g/mol. The number of carbonyl (C=O) groups is 2. The first kappa shape index (κ1) is 24.0. The van der Waals surface area contributed by atoms with Crippen LogP contribution in [0.2, 0.25) is 0 Å².